The minimum atomic E-state index is -0.794. The molecule has 0 bridgehead atoms. The van der Waals surface area contributed by atoms with Gasteiger partial charge >= 0.3 is 0 Å². The number of aliphatic hydroxyl groups is 1. The standard InChI is InChI=1S/C12H16BrNO2/c1-12(2,16)8-14(3)11-6-10(13)5-4-9(11)7-15/h4-7,16H,8H2,1-3H3. The first-order valence-electron chi connectivity index (χ1n) is 5.02. The number of aldehydes is 1. The molecule has 0 amide bonds. The van der Waals surface area contributed by atoms with Crippen LogP contribution in [0.2, 0.25) is 0 Å². The van der Waals surface area contributed by atoms with Gasteiger partial charge in [-0.25, -0.2) is 0 Å². The van der Waals surface area contributed by atoms with Crippen LogP contribution in [0.3, 0.4) is 0 Å². The van der Waals surface area contributed by atoms with Crippen LogP contribution in [0.15, 0.2) is 22.7 Å². The first kappa shape index (κ1) is 13.2. The highest BCUT2D eigenvalue weighted by Gasteiger charge is 2.17. The van der Waals surface area contributed by atoms with Gasteiger partial charge in [0, 0.05) is 29.3 Å². The van der Waals surface area contributed by atoms with Gasteiger partial charge in [-0.05, 0) is 32.0 Å². The number of hydrogen-bond donors (Lipinski definition) is 1. The molecule has 0 fully saturated rings. The molecule has 0 saturated heterocycles. The molecule has 3 nitrogen and oxygen atoms in total. The van der Waals surface area contributed by atoms with Gasteiger partial charge in [0.05, 0.1) is 5.60 Å². The summed E-state index contributed by atoms with van der Waals surface area (Å²) in [5, 5.41) is 9.74. The highest BCUT2D eigenvalue weighted by Crippen LogP contribution is 2.24. The Labute approximate surface area is 104 Å². The SMILES string of the molecule is CN(CC(C)(C)O)c1cc(Br)ccc1C=O. The molecule has 0 aliphatic rings. The van der Waals surface area contributed by atoms with E-state index in [-0.39, 0.29) is 0 Å². The van der Waals surface area contributed by atoms with Crippen LogP contribution in [-0.4, -0.2) is 30.6 Å². The van der Waals surface area contributed by atoms with Gasteiger partial charge in [0.1, 0.15) is 0 Å². The van der Waals surface area contributed by atoms with Crippen molar-refractivity contribution in [1.29, 1.82) is 0 Å². The lowest BCUT2D eigenvalue weighted by molar-refractivity contribution is 0.0884. The summed E-state index contributed by atoms with van der Waals surface area (Å²) in [6.45, 7) is 3.94. The van der Waals surface area contributed by atoms with Crippen LogP contribution in [0.1, 0.15) is 24.2 Å². The smallest absolute Gasteiger partial charge is 0.152 e. The van der Waals surface area contributed by atoms with Crippen LogP contribution in [0.25, 0.3) is 0 Å². The average molecular weight is 286 g/mol. The summed E-state index contributed by atoms with van der Waals surface area (Å²) in [7, 11) is 1.85. The summed E-state index contributed by atoms with van der Waals surface area (Å²) < 4.78 is 0.913. The highest BCUT2D eigenvalue weighted by atomic mass is 79.9. The second kappa shape index (κ2) is 4.97. The molecule has 0 radical (unpaired) electrons. The molecule has 0 aliphatic heterocycles. The Balaban J connectivity index is 3.02. The fraction of sp³-hybridized carbons (Fsp3) is 0.417. The van der Waals surface area contributed by atoms with Crippen molar-refractivity contribution in [3.05, 3.63) is 28.2 Å². The third-order valence-electron chi connectivity index (χ3n) is 2.15. The zero-order valence-electron chi connectivity index (χ0n) is 9.70. The monoisotopic (exact) mass is 285 g/mol. The van der Waals surface area contributed by atoms with Crippen LogP contribution < -0.4 is 4.90 Å². The van der Waals surface area contributed by atoms with E-state index in [9.17, 15) is 9.90 Å². The number of halogens is 1. The first-order valence-corrected chi connectivity index (χ1v) is 5.81. The Morgan fingerprint density at radius 3 is 2.62 bits per heavy atom. The molecule has 0 heterocycles. The minimum Gasteiger partial charge on any atom is -0.389 e. The van der Waals surface area contributed by atoms with Crippen molar-refractivity contribution < 1.29 is 9.90 Å². The molecule has 1 N–H and O–H groups in total. The van der Waals surface area contributed by atoms with Crippen molar-refractivity contribution in [1.82, 2.24) is 0 Å². The van der Waals surface area contributed by atoms with Crippen molar-refractivity contribution in [2.45, 2.75) is 19.4 Å². The molecular weight excluding hydrogens is 270 g/mol. The minimum absolute atomic E-state index is 0.463. The van der Waals surface area contributed by atoms with Gasteiger partial charge in [-0.15, -0.1) is 0 Å². The molecule has 0 saturated carbocycles. The van der Waals surface area contributed by atoms with Gasteiger partial charge in [0.2, 0.25) is 0 Å². The molecule has 88 valence electrons. The summed E-state index contributed by atoms with van der Waals surface area (Å²) in [6, 6.07) is 5.45. The Hall–Kier alpha value is -0.870. The zero-order valence-corrected chi connectivity index (χ0v) is 11.3. The molecule has 0 aliphatic carbocycles. The Kier molecular flexibility index (Phi) is 4.10. The third kappa shape index (κ3) is 3.61. The van der Waals surface area contributed by atoms with Gasteiger partial charge in [0.15, 0.2) is 6.29 Å². The molecule has 0 atom stereocenters. The molecule has 1 aromatic rings. The summed E-state index contributed by atoms with van der Waals surface area (Å²) in [4.78, 5) is 12.8. The molecule has 1 aromatic carbocycles. The van der Waals surface area contributed by atoms with Crippen molar-refractivity contribution in [3.8, 4) is 0 Å². The average Bonchev–Trinajstić information content (AvgIpc) is 2.15. The van der Waals surface area contributed by atoms with Gasteiger partial charge in [0.25, 0.3) is 0 Å². The fourth-order valence-electron chi connectivity index (χ4n) is 1.61. The van der Waals surface area contributed by atoms with Gasteiger partial charge in [-0.3, -0.25) is 4.79 Å². The maximum atomic E-state index is 10.9. The van der Waals surface area contributed by atoms with E-state index >= 15 is 0 Å². The van der Waals surface area contributed by atoms with Crippen LogP contribution in [0, 0.1) is 0 Å². The second-order valence-corrected chi connectivity index (χ2v) is 5.41. The van der Waals surface area contributed by atoms with E-state index in [0.29, 0.717) is 12.1 Å². The second-order valence-electron chi connectivity index (χ2n) is 4.49. The lowest BCUT2D eigenvalue weighted by Crippen LogP contribution is -2.36. The molecule has 16 heavy (non-hydrogen) atoms. The maximum Gasteiger partial charge on any atom is 0.152 e. The lowest BCUT2D eigenvalue weighted by Gasteiger charge is -2.28. The van der Waals surface area contributed by atoms with Crippen molar-refractivity contribution in [2.24, 2.45) is 0 Å². The fourth-order valence-corrected chi connectivity index (χ4v) is 1.96. The van der Waals surface area contributed by atoms with Crippen molar-refractivity contribution in [3.63, 3.8) is 0 Å². The number of anilines is 1. The largest absolute Gasteiger partial charge is 0.389 e. The van der Waals surface area contributed by atoms with Gasteiger partial charge in [-0.2, -0.15) is 0 Å². The predicted molar refractivity (Wildman–Crippen MR) is 69.1 cm³/mol. The zero-order chi connectivity index (χ0) is 12.3. The highest BCUT2D eigenvalue weighted by molar-refractivity contribution is 9.10. The van der Waals surface area contributed by atoms with Crippen LogP contribution in [-0.2, 0) is 0 Å². The lowest BCUT2D eigenvalue weighted by atomic mass is 10.1. The number of nitrogens with zero attached hydrogens (tertiary/aromatic N) is 1. The quantitative estimate of drug-likeness (QED) is 0.864. The topological polar surface area (TPSA) is 40.5 Å². The Morgan fingerprint density at radius 2 is 2.12 bits per heavy atom. The predicted octanol–water partition coefficient (Wildman–Crippen LogP) is 2.47. The van der Waals surface area contributed by atoms with Crippen LogP contribution in [0.5, 0.6) is 0 Å². The summed E-state index contributed by atoms with van der Waals surface area (Å²) >= 11 is 3.37. The van der Waals surface area contributed by atoms with Crippen molar-refractivity contribution in [2.75, 3.05) is 18.5 Å². The number of hydrogen-bond acceptors (Lipinski definition) is 3. The summed E-state index contributed by atoms with van der Waals surface area (Å²) in [5.41, 5.74) is 0.637. The number of carbonyl (C=O) groups excluding carboxylic acids is 1. The van der Waals surface area contributed by atoms with Gasteiger partial charge in [-0.1, -0.05) is 15.9 Å². The van der Waals surface area contributed by atoms with Crippen molar-refractivity contribution >= 4 is 27.9 Å². The van der Waals surface area contributed by atoms with E-state index in [1.54, 1.807) is 19.9 Å². The van der Waals surface area contributed by atoms with E-state index in [1.807, 2.05) is 24.1 Å². The maximum absolute atomic E-state index is 10.9. The number of likely N-dealkylation sites (N-methyl/N-ethyl adjacent to an activating group) is 1. The first-order chi connectivity index (χ1) is 7.33. The van der Waals surface area contributed by atoms with E-state index in [4.69, 9.17) is 0 Å². The molecule has 0 spiro atoms. The molecular formula is C12H16BrNO2. The van der Waals surface area contributed by atoms with E-state index < -0.39 is 5.60 Å². The number of benzene rings is 1. The molecule has 4 heteroatoms. The molecule has 0 aromatic heterocycles. The van der Waals surface area contributed by atoms with E-state index in [1.165, 1.54) is 0 Å². The molecule has 1 rings (SSSR count). The number of rotatable bonds is 4. The Bertz CT molecular complexity index is 385. The Morgan fingerprint density at radius 1 is 1.50 bits per heavy atom. The molecule has 0 unspecified atom stereocenters. The van der Waals surface area contributed by atoms with Crippen LogP contribution in [0.4, 0.5) is 5.69 Å². The number of carbonyl (C=O) groups is 1. The van der Waals surface area contributed by atoms with E-state index in [2.05, 4.69) is 15.9 Å². The summed E-state index contributed by atoms with van der Waals surface area (Å²) in [6.07, 6.45) is 0.822. The third-order valence-corrected chi connectivity index (χ3v) is 2.65. The normalized spacial score (nSPS) is 11.3. The van der Waals surface area contributed by atoms with Gasteiger partial charge < -0.3 is 10.0 Å². The van der Waals surface area contributed by atoms with Crippen LogP contribution >= 0.6 is 15.9 Å². The summed E-state index contributed by atoms with van der Waals surface area (Å²) in [5.74, 6) is 0. The van der Waals surface area contributed by atoms with E-state index in [0.717, 1.165) is 16.4 Å².